The number of hydrogen-bond donors (Lipinski definition) is 2. The number of thiophene rings is 1. The molecule has 0 aliphatic heterocycles. The molecule has 0 bridgehead atoms. The molecule has 0 radical (unpaired) electrons. The normalized spacial score (nSPS) is 15.9. The van der Waals surface area contributed by atoms with Crippen molar-refractivity contribution in [3.8, 4) is 11.1 Å². The van der Waals surface area contributed by atoms with Crippen LogP contribution in [-0.2, 0) is 16.6 Å². The highest BCUT2D eigenvalue weighted by molar-refractivity contribution is 7.94. The van der Waals surface area contributed by atoms with E-state index in [1.54, 1.807) is 17.5 Å². The first-order valence-electron chi connectivity index (χ1n) is 11.6. The minimum absolute atomic E-state index is 0.198. The summed E-state index contributed by atoms with van der Waals surface area (Å²) in [6.45, 7) is 2.80. The maximum absolute atomic E-state index is 15.1. The molecule has 1 aliphatic rings. The van der Waals surface area contributed by atoms with Gasteiger partial charge in [-0.1, -0.05) is 68.5 Å². The van der Waals surface area contributed by atoms with Crippen molar-refractivity contribution in [3.63, 3.8) is 0 Å². The van der Waals surface area contributed by atoms with Crippen LogP contribution in [0.25, 0.3) is 11.1 Å². The van der Waals surface area contributed by atoms with Crippen LogP contribution >= 0.6 is 11.3 Å². The molecule has 2 N–H and O–H groups in total. The van der Waals surface area contributed by atoms with Gasteiger partial charge in [0.25, 0.3) is 10.0 Å². The van der Waals surface area contributed by atoms with Crippen LogP contribution in [0.15, 0.2) is 64.2 Å². The highest BCUT2D eigenvalue weighted by Crippen LogP contribution is 2.35. The van der Waals surface area contributed by atoms with Gasteiger partial charge in [-0.15, -0.1) is 11.3 Å². The van der Waals surface area contributed by atoms with Crippen molar-refractivity contribution in [2.24, 2.45) is 5.92 Å². The van der Waals surface area contributed by atoms with E-state index >= 15 is 4.39 Å². The second-order valence-electron chi connectivity index (χ2n) is 8.88. The van der Waals surface area contributed by atoms with E-state index in [4.69, 9.17) is 0 Å². The summed E-state index contributed by atoms with van der Waals surface area (Å²) in [4.78, 5) is 0. The molecule has 2 aromatic carbocycles. The zero-order valence-electron chi connectivity index (χ0n) is 18.9. The molecule has 4 nitrogen and oxygen atoms in total. The Labute approximate surface area is 200 Å². The van der Waals surface area contributed by atoms with Crippen LogP contribution in [0, 0.1) is 11.7 Å². The molecule has 1 aliphatic carbocycles. The van der Waals surface area contributed by atoms with Crippen LogP contribution in [0.3, 0.4) is 0 Å². The fraction of sp³-hybridized carbons (Fsp3) is 0.385. The van der Waals surface area contributed by atoms with E-state index in [9.17, 15) is 8.42 Å². The number of sulfonamides is 1. The lowest BCUT2D eigenvalue weighted by atomic mass is 9.85. The number of rotatable bonds is 9. The third kappa shape index (κ3) is 6.02. The molecule has 33 heavy (non-hydrogen) atoms. The molecule has 3 aromatic rings. The predicted molar refractivity (Wildman–Crippen MR) is 134 cm³/mol. The lowest BCUT2D eigenvalue weighted by Crippen LogP contribution is -2.28. The Balaban J connectivity index is 1.56. The minimum atomic E-state index is -3.79. The Kier molecular flexibility index (Phi) is 7.83. The molecule has 1 fully saturated rings. The summed E-state index contributed by atoms with van der Waals surface area (Å²) < 4.78 is 43.5. The molecule has 7 heteroatoms. The fourth-order valence-corrected chi connectivity index (χ4v) is 6.77. The first kappa shape index (κ1) is 23.9. The summed E-state index contributed by atoms with van der Waals surface area (Å²) >= 11 is 1.13. The van der Waals surface area contributed by atoms with Crippen LogP contribution < -0.4 is 10.0 Å². The van der Waals surface area contributed by atoms with E-state index in [1.807, 2.05) is 24.3 Å². The molecule has 0 unspecified atom stereocenters. The highest BCUT2D eigenvalue weighted by Gasteiger charge is 2.21. The predicted octanol–water partition coefficient (Wildman–Crippen LogP) is 6.80. The Bertz CT molecular complexity index is 1160. The van der Waals surface area contributed by atoms with Gasteiger partial charge in [0.05, 0.1) is 5.69 Å². The first-order valence-corrected chi connectivity index (χ1v) is 14.0. The molecule has 4 rings (SSSR count). The van der Waals surface area contributed by atoms with Crippen LogP contribution in [0.4, 0.5) is 10.1 Å². The third-order valence-electron chi connectivity index (χ3n) is 6.36. The smallest absolute Gasteiger partial charge is 0.271 e. The van der Waals surface area contributed by atoms with Crippen LogP contribution in [0.5, 0.6) is 0 Å². The van der Waals surface area contributed by atoms with E-state index in [0.717, 1.165) is 29.2 Å². The Morgan fingerprint density at radius 1 is 1.03 bits per heavy atom. The topological polar surface area (TPSA) is 58.2 Å². The molecule has 1 heterocycles. The second-order valence-corrected chi connectivity index (χ2v) is 11.7. The molecular weight excluding hydrogens is 455 g/mol. The van der Waals surface area contributed by atoms with Gasteiger partial charge in [0.15, 0.2) is 0 Å². The Morgan fingerprint density at radius 2 is 1.82 bits per heavy atom. The summed E-state index contributed by atoms with van der Waals surface area (Å²) in [7, 11) is -3.79. The minimum Gasteiger partial charge on any atom is -0.310 e. The van der Waals surface area contributed by atoms with Gasteiger partial charge < -0.3 is 5.32 Å². The molecule has 0 spiro atoms. The molecular formula is C26H31FN2O2S2. The van der Waals surface area contributed by atoms with Crippen molar-refractivity contribution in [2.45, 2.75) is 62.2 Å². The summed E-state index contributed by atoms with van der Waals surface area (Å²) in [5.74, 6) is 0.324. The Hall–Kier alpha value is -2.22. The van der Waals surface area contributed by atoms with E-state index < -0.39 is 15.8 Å². The monoisotopic (exact) mass is 486 g/mol. The summed E-state index contributed by atoms with van der Waals surface area (Å²) in [6.07, 6.45) is 7.78. The number of anilines is 1. The SMILES string of the molecule is C[C@@H](CC1CCCCC1)NCc1ccccc1-c1c(F)cccc1NS(=O)(=O)c1cccs1. The van der Waals surface area contributed by atoms with E-state index in [0.29, 0.717) is 18.2 Å². The standard InChI is InChI=1S/C26H31FN2O2S2/c1-19(17-20-9-3-2-4-10-20)28-18-21-11-5-6-12-22(21)26-23(27)13-7-14-24(26)29-33(30,31)25-15-8-16-32-25/h5-8,11-16,19-20,28-29H,2-4,9-10,17-18H2,1H3/t19-/m0/s1. The maximum atomic E-state index is 15.1. The molecule has 0 amide bonds. The lowest BCUT2D eigenvalue weighted by molar-refractivity contribution is 0.305. The second kappa shape index (κ2) is 10.8. The number of nitrogens with one attached hydrogen (secondary N) is 2. The van der Waals surface area contributed by atoms with E-state index in [-0.39, 0.29) is 15.5 Å². The molecule has 1 atom stereocenters. The number of hydrogen-bond acceptors (Lipinski definition) is 4. The van der Waals surface area contributed by atoms with Crippen LogP contribution in [0.2, 0.25) is 0 Å². The molecule has 0 saturated heterocycles. The van der Waals surface area contributed by atoms with Crippen molar-refractivity contribution in [1.29, 1.82) is 0 Å². The fourth-order valence-electron chi connectivity index (χ4n) is 4.70. The van der Waals surface area contributed by atoms with Gasteiger partial charge in [0.2, 0.25) is 0 Å². The molecule has 1 aromatic heterocycles. The van der Waals surface area contributed by atoms with Crippen LogP contribution in [0.1, 0.15) is 51.0 Å². The van der Waals surface area contributed by atoms with Crippen molar-refractivity contribution in [3.05, 3.63) is 71.4 Å². The van der Waals surface area contributed by atoms with Gasteiger partial charge >= 0.3 is 0 Å². The zero-order chi connectivity index (χ0) is 23.3. The van der Waals surface area contributed by atoms with Crippen molar-refractivity contribution < 1.29 is 12.8 Å². The van der Waals surface area contributed by atoms with Gasteiger partial charge in [-0.05, 0) is 54.0 Å². The van der Waals surface area contributed by atoms with Crippen molar-refractivity contribution in [2.75, 3.05) is 4.72 Å². The first-order chi connectivity index (χ1) is 15.9. The molecule has 1 saturated carbocycles. The maximum Gasteiger partial charge on any atom is 0.271 e. The Morgan fingerprint density at radius 3 is 2.58 bits per heavy atom. The van der Waals surface area contributed by atoms with E-state index in [2.05, 4.69) is 17.0 Å². The molecule has 176 valence electrons. The average molecular weight is 487 g/mol. The highest BCUT2D eigenvalue weighted by atomic mass is 32.2. The lowest BCUT2D eigenvalue weighted by Gasteiger charge is -2.25. The van der Waals surface area contributed by atoms with Gasteiger partial charge in [0, 0.05) is 18.2 Å². The third-order valence-corrected chi connectivity index (χ3v) is 9.12. The van der Waals surface area contributed by atoms with Crippen LogP contribution in [-0.4, -0.2) is 14.5 Å². The number of halogens is 1. The largest absolute Gasteiger partial charge is 0.310 e. The summed E-state index contributed by atoms with van der Waals surface area (Å²) in [6, 6.07) is 15.7. The number of benzene rings is 2. The van der Waals surface area contributed by atoms with Gasteiger partial charge in [-0.3, -0.25) is 4.72 Å². The van der Waals surface area contributed by atoms with Crippen molar-refractivity contribution >= 4 is 27.0 Å². The zero-order valence-corrected chi connectivity index (χ0v) is 20.5. The van der Waals surface area contributed by atoms with Gasteiger partial charge in [0.1, 0.15) is 10.0 Å². The summed E-state index contributed by atoms with van der Waals surface area (Å²) in [5, 5.41) is 5.31. The van der Waals surface area contributed by atoms with Gasteiger partial charge in [-0.25, -0.2) is 12.8 Å². The average Bonchev–Trinajstić information content (AvgIpc) is 3.35. The van der Waals surface area contributed by atoms with Gasteiger partial charge in [-0.2, -0.15) is 0 Å². The van der Waals surface area contributed by atoms with E-state index in [1.165, 1.54) is 50.3 Å². The summed E-state index contributed by atoms with van der Waals surface area (Å²) in [5.41, 5.74) is 2.15. The van der Waals surface area contributed by atoms with Crippen molar-refractivity contribution in [1.82, 2.24) is 5.32 Å². The quantitative estimate of drug-likeness (QED) is 0.350.